The summed E-state index contributed by atoms with van der Waals surface area (Å²) in [6.07, 6.45) is 4.87. The van der Waals surface area contributed by atoms with Crippen LogP contribution in [-0.4, -0.2) is 22.8 Å². The van der Waals surface area contributed by atoms with E-state index in [4.69, 9.17) is 16.3 Å². The van der Waals surface area contributed by atoms with E-state index in [2.05, 4.69) is 18.8 Å². The van der Waals surface area contributed by atoms with Crippen LogP contribution in [-0.2, 0) is 17.2 Å². The number of imidazole rings is 1. The minimum absolute atomic E-state index is 0.473. The molecule has 0 aliphatic rings. The minimum Gasteiger partial charge on any atom is -0.380 e. The van der Waals surface area contributed by atoms with Gasteiger partial charge in [-0.05, 0) is 12.3 Å². The molecule has 0 amide bonds. The lowest BCUT2D eigenvalue weighted by Gasteiger charge is -2.06. The first-order valence-corrected chi connectivity index (χ1v) is 5.90. The van der Waals surface area contributed by atoms with Crippen LogP contribution >= 0.6 is 11.6 Å². The van der Waals surface area contributed by atoms with E-state index >= 15 is 0 Å². The predicted molar refractivity (Wildman–Crippen MR) is 62.1 cm³/mol. The molecule has 0 aliphatic carbocycles. The molecule has 1 rings (SSSR count). The first kappa shape index (κ1) is 12.5. The second kappa shape index (κ2) is 6.85. The van der Waals surface area contributed by atoms with Crippen molar-refractivity contribution in [3.8, 4) is 0 Å². The summed E-state index contributed by atoms with van der Waals surface area (Å²) >= 11 is 5.65. The SMILES string of the molecule is CC(C)CCOCCn1cnc(CCl)c1. The highest BCUT2D eigenvalue weighted by Gasteiger charge is 1.97. The van der Waals surface area contributed by atoms with E-state index in [1.807, 2.05) is 10.8 Å². The Bertz CT molecular complexity index is 273. The van der Waals surface area contributed by atoms with Crippen LogP contribution in [0.15, 0.2) is 12.5 Å². The van der Waals surface area contributed by atoms with Gasteiger partial charge >= 0.3 is 0 Å². The quantitative estimate of drug-likeness (QED) is 0.532. The average molecular weight is 231 g/mol. The molecule has 0 radical (unpaired) electrons. The monoisotopic (exact) mass is 230 g/mol. The Morgan fingerprint density at radius 1 is 1.47 bits per heavy atom. The lowest BCUT2D eigenvalue weighted by Crippen LogP contribution is -2.06. The second-order valence-electron chi connectivity index (χ2n) is 4.03. The Hall–Kier alpha value is -0.540. The van der Waals surface area contributed by atoms with Crippen LogP contribution in [0.2, 0.25) is 0 Å². The largest absolute Gasteiger partial charge is 0.380 e. The van der Waals surface area contributed by atoms with Crippen molar-refractivity contribution in [3.05, 3.63) is 18.2 Å². The molecule has 0 saturated carbocycles. The summed E-state index contributed by atoms with van der Waals surface area (Å²) in [7, 11) is 0. The molecule has 0 saturated heterocycles. The molecule has 0 aliphatic heterocycles. The Morgan fingerprint density at radius 3 is 2.87 bits per heavy atom. The number of aromatic nitrogens is 2. The van der Waals surface area contributed by atoms with Gasteiger partial charge in [0.25, 0.3) is 0 Å². The van der Waals surface area contributed by atoms with E-state index < -0.39 is 0 Å². The van der Waals surface area contributed by atoms with Gasteiger partial charge in [0.2, 0.25) is 0 Å². The number of hydrogen-bond donors (Lipinski definition) is 0. The minimum atomic E-state index is 0.473. The molecular formula is C11H19ClN2O. The third-order valence-electron chi connectivity index (χ3n) is 2.16. The summed E-state index contributed by atoms with van der Waals surface area (Å²) in [5, 5.41) is 0. The number of rotatable bonds is 7. The van der Waals surface area contributed by atoms with Gasteiger partial charge in [-0.1, -0.05) is 13.8 Å². The number of halogens is 1. The topological polar surface area (TPSA) is 27.1 Å². The van der Waals surface area contributed by atoms with Gasteiger partial charge in [-0.2, -0.15) is 0 Å². The normalized spacial score (nSPS) is 11.2. The van der Waals surface area contributed by atoms with E-state index in [-0.39, 0.29) is 0 Å². The summed E-state index contributed by atoms with van der Waals surface area (Å²) in [4.78, 5) is 4.14. The maximum Gasteiger partial charge on any atom is 0.0950 e. The Morgan fingerprint density at radius 2 is 2.27 bits per heavy atom. The molecule has 1 aromatic rings. The van der Waals surface area contributed by atoms with Gasteiger partial charge in [-0.25, -0.2) is 4.98 Å². The third kappa shape index (κ3) is 5.19. The van der Waals surface area contributed by atoms with Crippen molar-refractivity contribution in [3.63, 3.8) is 0 Å². The predicted octanol–water partition coefficient (Wildman–Crippen LogP) is 2.68. The smallest absolute Gasteiger partial charge is 0.0950 e. The average Bonchev–Trinajstić information content (AvgIpc) is 2.65. The fourth-order valence-corrected chi connectivity index (χ4v) is 1.33. The second-order valence-corrected chi connectivity index (χ2v) is 4.30. The zero-order valence-electron chi connectivity index (χ0n) is 9.45. The summed E-state index contributed by atoms with van der Waals surface area (Å²) in [5.74, 6) is 1.18. The Kier molecular flexibility index (Phi) is 5.73. The van der Waals surface area contributed by atoms with Gasteiger partial charge in [-0.15, -0.1) is 11.6 Å². The maximum absolute atomic E-state index is 5.65. The van der Waals surface area contributed by atoms with E-state index in [0.717, 1.165) is 31.9 Å². The molecule has 0 bridgehead atoms. The molecule has 15 heavy (non-hydrogen) atoms. The maximum atomic E-state index is 5.65. The van der Waals surface area contributed by atoms with Crippen LogP contribution in [0.3, 0.4) is 0 Å². The number of nitrogens with zero attached hydrogens (tertiary/aromatic N) is 2. The zero-order chi connectivity index (χ0) is 11.1. The number of hydrogen-bond acceptors (Lipinski definition) is 2. The molecule has 1 heterocycles. The molecule has 3 nitrogen and oxygen atoms in total. The van der Waals surface area contributed by atoms with Crippen LogP contribution in [0.25, 0.3) is 0 Å². The molecule has 0 atom stereocenters. The van der Waals surface area contributed by atoms with Gasteiger partial charge in [-0.3, -0.25) is 0 Å². The van der Waals surface area contributed by atoms with E-state index in [9.17, 15) is 0 Å². The van der Waals surface area contributed by atoms with Crippen molar-refractivity contribution in [2.45, 2.75) is 32.7 Å². The van der Waals surface area contributed by atoms with Crippen molar-refractivity contribution in [2.75, 3.05) is 13.2 Å². The third-order valence-corrected chi connectivity index (χ3v) is 2.43. The molecule has 0 spiro atoms. The fraction of sp³-hybridized carbons (Fsp3) is 0.727. The number of ether oxygens (including phenoxy) is 1. The van der Waals surface area contributed by atoms with Crippen LogP contribution in [0.5, 0.6) is 0 Å². The molecule has 0 N–H and O–H groups in total. The zero-order valence-corrected chi connectivity index (χ0v) is 10.2. The van der Waals surface area contributed by atoms with E-state index in [1.54, 1.807) is 6.33 Å². The highest BCUT2D eigenvalue weighted by Crippen LogP contribution is 2.01. The van der Waals surface area contributed by atoms with Gasteiger partial charge in [0.1, 0.15) is 0 Å². The molecular weight excluding hydrogens is 212 g/mol. The van der Waals surface area contributed by atoms with Crippen LogP contribution < -0.4 is 0 Å². The van der Waals surface area contributed by atoms with Crippen LogP contribution in [0.1, 0.15) is 26.0 Å². The molecule has 0 aromatic carbocycles. The summed E-state index contributed by atoms with van der Waals surface area (Å²) in [6, 6.07) is 0. The van der Waals surface area contributed by atoms with E-state index in [0.29, 0.717) is 11.8 Å². The van der Waals surface area contributed by atoms with Crippen molar-refractivity contribution >= 4 is 11.6 Å². The lowest BCUT2D eigenvalue weighted by molar-refractivity contribution is 0.116. The van der Waals surface area contributed by atoms with E-state index in [1.165, 1.54) is 0 Å². The van der Waals surface area contributed by atoms with Crippen molar-refractivity contribution in [1.29, 1.82) is 0 Å². The summed E-state index contributed by atoms with van der Waals surface area (Å²) < 4.78 is 7.52. The van der Waals surface area contributed by atoms with Gasteiger partial charge in [0.05, 0.1) is 24.5 Å². The standard InChI is InChI=1S/C11H19ClN2O/c1-10(2)3-5-15-6-4-14-8-11(7-12)13-9-14/h8-10H,3-7H2,1-2H3. The highest BCUT2D eigenvalue weighted by atomic mass is 35.5. The van der Waals surface area contributed by atoms with Crippen molar-refractivity contribution in [2.24, 2.45) is 5.92 Å². The molecule has 4 heteroatoms. The molecule has 86 valence electrons. The van der Waals surface area contributed by atoms with Gasteiger partial charge < -0.3 is 9.30 Å². The molecule has 0 fully saturated rings. The molecule has 0 unspecified atom stereocenters. The summed E-state index contributed by atoms with van der Waals surface area (Å²) in [5.41, 5.74) is 0.916. The highest BCUT2D eigenvalue weighted by molar-refractivity contribution is 6.16. The first-order valence-electron chi connectivity index (χ1n) is 5.36. The van der Waals surface area contributed by atoms with Crippen LogP contribution in [0.4, 0.5) is 0 Å². The Labute approximate surface area is 96.4 Å². The van der Waals surface area contributed by atoms with Crippen LogP contribution in [0, 0.1) is 5.92 Å². The van der Waals surface area contributed by atoms with Crippen molar-refractivity contribution in [1.82, 2.24) is 9.55 Å². The summed E-state index contributed by atoms with van der Waals surface area (Å²) in [6.45, 7) is 6.83. The lowest BCUT2D eigenvalue weighted by atomic mass is 10.1. The Balaban J connectivity index is 2.09. The first-order chi connectivity index (χ1) is 7.22. The fourth-order valence-electron chi connectivity index (χ4n) is 1.19. The van der Waals surface area contributed by atoms with Gasteiger partial charge in [0.15, 0.2) is 0 Å². The van der Waals surface area contributed by atoms with Gasteiger partial charge in [0, 0.05) is 19.3 Å². The molecule has 1 aromatic heterocycles. The van der Waals surface area contributed by atoms with Crippen molar-refractivity contribution < 1.29 is 4.74 Å². The number of alkyl halides is 1.